The van der Waals surface area contributed by atoms with Crippen molar-refractivity contribution in [2.75, 3.05) is 28.4 Å². The molecule has 0 bridgehead atoms. The van der Waals surface area contributed by atoms with Gasteiger partial charge >= 0.3 is 0 Å². The number of H-pyrrole nitrogens is 1. The summed E-state index contributed by atoms with van der Waals surface area (Å²) in [4.78, 5) is 40.6. The van der Waals surface area contributed by atoms with Crippen LogP contribution >= 0.6 is 0 Å². The number of nitro benzene ring substituents is 2. The molecule has 0 saturated carbocycles. The van der Waals surface area contributed by atoms with Gasteiger partial charge in [-0.05, 0) is 68.8 Å². The van der Waals surface area contributed by atoms with Crippen molar-refractivity contribution in [2.45, 2.75) is 78.4 Å². The van der Waals surface area contributed by atoms with Gasteiger partial charge in [0.15, 0.2) is 5.75 Å². The summed E-state index contributed by atoms with van der Waals surface area (Å²) >= 11 is 0. The van der Waals surface area contributed by atoms with Crippen molar-refractivity contribution in [3.8, 4) is 29.0 Å². The molecule has 0 saturated heterocycles. The molecule has 286 valence electrons. The van der Waals surface area contributed by atoms with E-state index < -0.39 is 18.2 Å². The van der Waals surface area contributed by atoms with Crippen molar-refractivity contribution in [3.63, 3.8) is 0 Å². The lowest BCUT2D eigenvalue weighted by Crippen LogP contribution is -2.44. The minimum atomic E-state index is -2.11. The number of ether oxygens (including phenoxy) is 4. The van der Waals surface area contributed by atoms with Gasteiger partial charge in [0.25, 0.3) is 25.6 Å². The number of rotatable bonds is 14. The van der Waals surface area contributed by atoms with Crippen LogP contribution in [0.1, 0.15) is 54.4 Å². The third-order valence-corrected chi connectivity index (χ3v) is 13.8. The maximum Gasteiger partial charge on any atom is 0.269 e. The highest BCUT2D eigenvalue weighted by molar-refractivity contribution is 6.74. The molecule has 0 radical (unpaired) electrons. The van der Waals surface area contributed by atoms with Crippen molar-refractivity contribution in [1.82, 2.24) is 9.97 Å². The molecule has 0 spiro atoms. The number of aryl methyl sites for hydroxylation is 4. The van der Waals surface area contributed by atoms with Gasteiger partial charge in [-0.1, -0.05) is 45.0 Å². The predicted molar refractivity (Wildman–Crippen MR) is 206 cm³/mol. The van der Waals surface area contributed by atoms with Gasteiger partial charge in [-0.25, -0.2) is 4.98 Å². The lowest BCUT2D eigenvalue weighted by atomic mass is 10.0. The van der Waals surface area contributed by atoms with Gasteiger partial charge in [-0.3, -0.25) is 25.0 Å². The van der Waals surface area contributed by atoms with Crippen molar-refractivity contribution in [3.05, 3.63) is 113 Å². The minimum Gasteiger partial charge on any atom is -0.541 e. The highest BCUT2D eigenvalue weighted by atomic mass is 28.4. The first kappa shape index (κ1) is 42.0. The highest BCUT2D eigenvalue weighted by Crippen LogP contribution is 2.45. The Kier molecular flexibility index (Phi) is 14.1. The fourth-order valence-electron chi connectivity index (χ4n) is 5.13. The van der Waals surface area contributed by atoms with Gasteiger partial charge in [-0.15, -0.1) is 0 Å². The van der Waals surface area contributed by atoms with E-state index in [2.05, 4.69) is 43.8 Å². The Morgan fingerprint density at radius 2 is 1.19 bits per heavy atom. The number of aromatic nitrogens is 2. The van der Waals surface area contributed by atoms with E-state index in [1.807, 2.05) is 6.92 Å². The van der Waals surface area contributed by atoms with Gasteiger partial charge in [0.05, 0.1) is 44.0 Å². The summed E-state index contributed by atoms with van der Waals surface area (Å²) in [5.41, 5.74) is 5.01. The monoisotopic (exact) mass is 750 g/mol. The summed E-state index contributed by atoms with van der Waals surface area (Å²) in [7, 11) is 3.92. The zero-order valence-corrected chi connectivity index (χ0v) is 33.4. The molecule has 4 aromatic rings. The molecule has 0 aliphatic carbocycles. The van der Waals surface area contributed by atoms with Crippen LogP contribution in [0.3, 0.4) is 0 Å². The zero-order chi connectivity index (χ0) is 39.7. The molecule has 2 aromatic heterocycles. The first-order valence-electron chi connectivity index (χ1n) is 17.0. The third kappa shape index (κ3) is 10.3. The summed E-state index contributed by atoms with van der Waals surface area (Å²) < 4.78 is 27.9. The number of nitro groups is 2. The molecule has 2 aromatic carbocycles. The molecular weight excluding hydrogens is 701 g/mol. The quantitative estimate of drug-likeness (QED) is 0.0753. The fraction of sp³-hybridized carbons (Fsp3) is 0.421. The van der Waals surface area contributed by atoms with Crippen molar-refractivity contribution in [2.24, 2.45) is 0 Å². The summed E-state index contributed by atoms with van der Waals surface area (Å²) in [5, 5.41) is 21.5. The number of pyridine rings is 2. The molecule has 0 amide bonds. The van der Waals surface area contributed by atoms with Crippen LogP contribution in [0.15, 0.2) is 53.3 Å². The second kappa shape index (κ2) is 17.9. The molecule has 0 fully saturated rings. The first-order chi connectivity index (χ1) is 24.9. The van der Waals surface area contributed by atoms with Crippen LogP contribution in [0.5, 0.6) is 29.0 Å². The smallest absolute Gasteiger partial charge is 0.269 e. The van der Waals surface area contributed by atoms with Crippen molar-refractivity contribution in [1.29, 1.82) is 0 Å². The second-order valence-corrected chi connectivity index (χ2v) is 18.6. The highest BCUT2D eigenvalue weighted by Gasteiger charge is 2.40. The van der Waals surface area contributed by atoms with E-state index in [1.54, 1.807) is 45.4 Å². The number of aromatic amines is 1. The molecule has 0 aliphatic heterocycles. The Balaban J connectivity index is 0.000000295. The Morgan fingerprint density at radius 1 is 0.698 bits per heavy atom. The summed E-state index contributed by atoms with van der Waals surface area (Å²) in [6, 6.07) is 13.0. The molecule has 53 heavy (non-hydrogen) atoms. The summed E-state index contributed by atoms with van der Waals surface area (Å²) in [6.07, 6.45) is 2.57. The summed E-state index contributed by atoms with van der Waals surface area (Å²) in [5.74, 6) is 2.05. The van der Waals surface area contributed by atoms with Gasteiger partial charge in [0, 0.05) is 41.1 Å². The van der Waals surface area contributed by atoms with Crippen LogP contribution < -0.4 is 28.8 Å². The SMILES string of the molecule is COc1[nH]c(CCc2ccc([N+](=O)[O-])cc2)c(C)c(=O)c1OC.COc1nc(CCc2ccc([N+](=O)[O-])cc2)c(C)c(O[Si](C)(C)C(C)(C)C)c1OC. The van der Waals surface area contributed by atoms with Crippen LogP contribution in [-0.2, 0) is 25.7 Å². The van der Waals surface area contributed by atoms with E-state index in [9.17, 15) is 25.0 Å². The molecular formula is C38H50N4O10Si. The fourth-order valence-corrected chi connectivity index (χ4v) is 6.19. The maximum absolute atomic E-state index is 12.2. The maximum atomic E-state index is 12.2. The summed E-state index contributed by atoms with van der Waals surface area (Å²) in [6.45, 7) is 14.7. The molecule has 0 aliphatic rings. The lowest BCUT2D eigenvalue weighted by Gasteiger charge is -2.37. The van der Waals surface area contributed by atoms with E-state index in [1.165, 1.54) is 38.5 Å². The molecule has 4 rings (SSSR count). The van der Waals surface area contributed by atoms with Crippen LogP contribution in [0.2, 0.25) is 18.1 Å². The van der Waals surface area contributed by atoms with Gasteiger partial charge in [0.2, 0.25) is 22.8 Å². The van der Waals surface area contributed by atoms with Gasteiger partial charge in [0.1, 0.15) is 0 Å². The molecule has 1 N–H and O–H groups in total. The van der Waals surface area contributed by atoms with Crippen LogP contribution in [0.25, 0.3) is 0 Å². The van der Waals surface area contributed by atoms with E-state index in [4.69, 9.17) is 23.4 Å². The number of nitrogens with zero attached hydrogens (tertiary/aromatic N) is 3. The van der Waals surface area contributed by atoms with E-state index >= 15 is 0 Å². The number of nitrogens with one attached hydrogen (secondary N) is 1. The number of benzene rings is 2. The average Bonchev–Trinajstić information content (AvgIpc) is 3.12. The number of hydrogen-bond acceptors (Lipinski definition) is 11. The Morgan fingerprint density at radius 3 is 1.60 bits per heavy atom. The van der Waals surface area contributed by atoms with E-state index in [0.29, 0.717) is 54.5 Å². The molecule has 15 heteroatoms. The second-order valence-electron chi connectivity index (χ2n) is 13.9. The molecule has 2 heterocycles. The third-order valence-electron chi connectivity index (χ3n) is 9.46. The minimum absolute atomic E-state index is 0.0277. The van der Waals surface area contributed by atoms with E-state index in [0.717, 1.165) is 28.1 Å². The largest absolute Gasteiger partial charge is 0.541 e. The van der Waals surface area contributed by atoms with Crippen molar-refractivity contribution >= 4 is 19.7 Å². The first-order valence-corrected chi connectivity index (χ1v) is 19.9. The topological polar surface area (TPSA) is 178 Å². The molecule has 14 nitrogen and oxygen atoms in total. The van der Waals surface area contributed by atoms with Crippen LogP contribution in [0.4, 0.5) is 11.4 Å². The zero-order valence-electron chi connectivity index (χ0n) is 32.4. The number of methoxy groups -OCH3 is 4. The number of hydrogen-bond donors (Lipinski definition) is 1. The van der Waals surface area contributed by atoms with Crippen LogP contribution in [-0.4, -0.2) is 56.6 Å². The molecule has 0 atom stereocenters. The normalized spacial score (nSPS) is 11.2. The Hall–Kier alpha value is -5.44. The Bertz CT molecular complexity index is 1950. The van der Waals surface area contributed by atoms with Gasteiger partial charge in [-0.2, -0.15) is 0 Å². The van der Waals surface area contributed by atoms with Crippen molar-refractivity contribution < 1.29 is 33.2 Å². The van der Waals surface area contributed by atoms with Gasteiger partial charge < -0.3 is 28.4 Å². The predicted octanol–water partition coefficient (Wildman–Crippen LogP) is 7.88. The average molecular weight is 751 g/mol. The lowest BCUT2D eigenvalue weighted by molar-refractivity contribution is -0.385. The Labute approximate surface area is 310 Å². The number of non-ortho nitro benzene ring substituents is 2. The standard InChI is InChI=1S/C22H32N2O5Si.C16H18N2O5/c1-15-18(14-11-16-9-12-17(13-10-16)24(25)26)23-21(28-6)20(27-5)19(15)29-30(7,8)22(2,3)4;1-10-13(17-16(23-3)15(22-2)14(10)19)9-6-11-4-7-12(8-5-11)18(20)21/h9-10,12-13H,11,14H2,1-8H3;4-5,7-8H,6,9H2,1-3H3,(H,17,19). The molecule has 0 unspecified atom stereocenters. The van der Waals surface area contributed by atoms with Crippen LogP contribution in [0, 0.1) is 34.1 Å². The van der Waals surface area contributed by atoms with E-state index in [-0.39, 0.29) is 27.6 Å².